The molecular formula is C14H15F2N3O. The van der Waals surface area contributed by atoms with Gasteiger partial charge >= 0.3 is 0 Å². The van der Waals surface area contributed by atoms with Crippen LogP contribution in [0.3, 0.4) is 0 Å². The second-order valence-electron chi connectivity index (χ2n) is 5.23. The average Bonchev–Trinajstić information content (AvgIpc) is 2.87. The zero-order chi connectivity index (χ0) is 14.2. The maximum Gasteiger partial charge on any atom is 0.227 e. The van der Waals surface area contributed by atoms with Crippen LogP contribution in [-0.2, 0) is 18.4 Å². The van der Waals surface area contributed by atoms with E-state index in [1.807, 2.05) is 0 Å². The van der Waals surface area contributed by atoms with Crippen molar-refractivity contribution in [2.45, 2.75) is 37.6 Å². The van der Waals surface area contributed by atoms with Crippen molar-refractivity contribution in [3.8, 4) is 0 Å². The minimum Gasteiger partial charge on any atom is -0.339 e. The first kappa shape index (κ1) is 13.2. The molecule has 20 heavy (non-hydrogen) atoms. The third-order valence-electron chi connectivity index (χ3n) is 3.80. The SMILES string of the molecule is NC1(c2noc(CCc3cccc(F)c3F)n2)CCC1. The van der Waals surface area contributed by atoms with Gasteiger partial charge < -0.3 is 10.3 Å². The van der Waals surface area contributed by atoms with Gasteiger partial charge in [0.2, 0.25) is 5.89 Å². The molecule has 0 bridgehead atoms. The minimum atomic E-state index is -0.843. The molecule has 1 fully saturated rings. The fraction of sp³-hybridized carbons (Fsp3) is 0.429. The summed E-state index contributed by atoms with van der Waals surface area (Å²) in [5, 5.41) is 3.88. The molecule has 0 aliphatic heterocycles. The van der Waals surface area contributed by atoms with Crippen molar-refractivity contribution in [1.29, 1.82) is 0 Å². The number of halogens is 2. The Morgan fingerprint density at radius 1 is 1.25 bits per heavy atom. The van der Waals surface area contributed by atoms with Gasteiger partial charge in [0.25, 0.3) is 0 Å². The molecule has 3 rings (SSSR count). The van der Waals surface area contributed by atoms with E-state index in [9.17, 15) is 8.78 Å². The molecule has 1 aromatic carbocycles. The average molecular weight is 279 g/mol. The van der Waals surface area contributed by atoms with E-state index in [-0.39, 0.29) is 0 Å². The molecule has 0 radical (unpaired) electrons. The third kappa shape index (κ3) is 2.31. The molecule has 0 saturated heterocycles. The van der Waals surface area contributed by atoms with Crippen LogP contribution in [0.5, 0.6) is 0 Å². The van der Waals surface area contributed by atoms with Crippen molar-refractivity contribution in [3.05, 3.63) is 47.1 Å². The van der Waals surface area contributed by atoms with E-state index in [2.05, 4.69) is 10.1 Å². The van der Waals surface area contributed by atoms with Crippen molar-refractivity contribution in [1.82, 2.24) is 10.1 Å². The molecular weight excluding hydrogens is 264 g/mol. The second kappa shape index (κ2) is 4.94. The van der Waals surface area contributed by atoms with Gasteiger partial charge in [0, 0.05) is 6.42 Å². The first-order chi connectivity index (χ1) is 9.58. The Morgan fingerprint density at radius 3 is 2.75 bits per heavy atom. The largest absolute Gasteiger partial charge is 0.339 e. The van der Waals surface area contributed by atoms with Crippen molar-refractivity contribution >= 4 is 0 Å². The van der Waals surface area contributed by atoms with E-state index < -0.39 is 17.2 Å². The standard InChI is InChI=1S/C14H15F2N3O/c15-10-4-1-3-9(12(10)16)5-6-11-18-13(19-20-11)14(17)7-2-8-14/h1,3-4H,2,5-8,17H2. The fourth-order valence-electron chi connectivity index (χ4n) is 2.32. The smallest absolute Gasteiger partial charge is 0.227 e. The topological polar surface area (TPSA) is 64.9 Å². The van der Waals surface area contributed by atoms with Crippen LogP contribution in [0.25, 0.3) is 0 Å². The second-order valence-corrected chi connectivity index (χ2v) is 5.23. The maximum absolute atomic E-state index is 13.5. The Bertz CT molecular complexity index is 623. The highest BCUT2D eigenvalue weighted by Crippen LogP contribution is 2.36. The Hall–Kier alpha value is -1.82. The van der Waals surface area contributed by atoms with Crippen molar-refractivity contribution < 1.29 is 13.3 Å². The van der Waals surface area contributed by atoms with Crippen LogP contribution in [0.2, 0.25) is 0 Å². The lowest BCUT2D eigenvalue weighted by atomic mass is 9.77. The number of nitrogens with two attached hydrogens (primary N) is 1. The fourth-order valence-corrected chi connectivity index (χ4v) is 2.32. The van der Waals surface area contributed by atoms with Crippen molar-refractivity contribution in [2.75, 3.05) is 0 Å². The van der Waals surface area contributed by atoms with Gasteiger partial charge in [-0.1, -0.05) is 17.3 Å². The van der Waals surface area contributed by atoms with E-state index in [1.54, 1.807) is 6.07 Å². The lowest BCUT2D eigenvalue weighted by molar-refractivity contribution is 0.229. The molecule has 4 nitrogen and oxygen atoms in total. The predicted molar refractivity (Wildman–Crippen MR) is 67.8 cm³/mol. The van der Waals surface area contributed by atoms with Gasteiger partial charge in [-0.25, -0.2) is 8.78 Å². The number of benzene rings is 1. The maximum atomic E-state index is 13.5. The summed E-state index contributed by atoms with van der Waals surface area (Å²) in [6.07, 6.45) is 3.44. The van der Waals surface area contributed by atoms with Gasteiger partial charge in [-0.05, 0) is 37.3 Å². The summed E-state index contributed by atoms with van der Waals surface area (Å²) in [6, 6.07) is 4.13. The Balaban J connectivity index is 1.68. The Morgan fingerprint density at radius 2 is 2.05 bits per heavy atom. The molecule has 106 valence electrons. The molecule has 2 aromatic rings. The molecule has 1 aliphatic rings. The third-order valence-corrected chi connectivity index (χ3v) is 3.80. The zero-order valence-corrected chi connectivity index (χ0v) is 10.9. The van der Waals surface area contributed by atoms with E-state index in [1.165, 1.54) is 6.07 Å². The Labute approximate surface area is 115 Å². The normalized spacial score (nSPS) is 16.9. The van der Waals surface area contributed by atoms with Crippen LogP contribution in [0.15, 0.2) is 22.7 Å². The highest BCUT2D eigenvalue weighted by atomic mass is 19.2. The van der Waals surface area contributed by atoms with Gasteiger partial charge in [0.15, 0.2) is 17.5 Å². The molecule has 1 aromatic heterocycles. The van der Waals surface area contributed by atoms with Crippen LogP contribution in [0.1, 0.15) is 36.5 Å². The molecule has 6 heteroatoms. The van der Waals surface area contributed by atoms with Crippen LogP contribution < -0.4 is 5.73 Å². The molecule has 1 heterocycles. The number of rotatable bonds is 4. The highest BCUT2D eigenvalue weighted by Gasteiger charge is 2.38. The number of hydrogen-bond acceptors (Lipinski definition) is 4. The molecule has 2 N–H and O–H groups in total. The predicted octanol–water partition coefficient (Wildman–Crippen LogP) is 2.47. The van der Waals surface area contributed by atoms with Gasteiger partial charge in [0.05, 0.1) is 5.54 Å². The summed E-state index contributed by atoms with van der Waals surface area (Å²) in [7, 11) is 0. The van der Waals surface area contributed by atoms with Gasteiger partial charge in [-0.2, -0.15) is 4.98 Å². The van der Waals surface area contributed by atoms with E-state index in [0.717, 1.165) is 25.3 Å². The summed E-state index contributed by atoms with van der Waals surface area (Å²) >= 11 is 0. The molecule has 0 atom stereocenters. The number of aryl methyl sites for hydroxylation is 2. The van der Waals surface area contributed by atoms with Crippen LogP contribution in [-0.4, -0.2) is 10.1 Å². The molecule has 0 amide bonds. The molecule has 0 spiro atoms. The highest BCUT2D eigenvalue weighted by molar-refractivity contribution is 5.19. The lowest BCUT2D eigenvalue weighted by Crippen LogP contribution is -2.44. The van der Waals surface area contributed by atoms with Crippen LogP contribution in [0.4, 0.5) is 8.78 Å². The molecule has 0 unspecified atom stereocenters. The van der Waals surface area contributed by atoms with E-state index in [4.69, 9.17) is 10.3 Å². The first-order valence-electron chi connectivity index (χ1n) is 6.63. The first-order valence-corrected chi connectivity index (χ1v) is 6.63. The molecule has 1 saturated carbocycles. The van der Waals surface area contributed by atoms with E-state index in [0.29, 0.717) is 30.1 Å². The van der Waals surface area contributed by atoms with Gasteiger partial charge in [-0.3, -0.25) is 0 Å². The quantitative estimate of drug-likeness (QED) is 0.933. The van der Waals surface area contributed by atoms with E-state index >= 15 is 0 Å². The minimum absolute atomic E-state index is 0.302. The Kier molecular flexibility index (Phi) is 3.25. The zero-order valence-electron chi connectivity index (χ0n) is 10.9. The van der Waals surface area contributed by atoms with Crippen molar-refractivity contribution in [3.63, 3.8) is 0 Å². The molecule has 1 aliphatic carbocycles. The van der Waals surface area contributed by atoms with Gasteiger partial charge in [0.1, 0.15) is 0 Å². The summed E-state index contributed by atoms with van der Waals surface area (Å²) < 4.78 is 31.7. The number of aromatic nitrogens is 2. The lowest BCUT2D eigenvalue weighted by Gasteiger charge is -2.34. The summed E-state index contributed by atoms with van der Waals surface area (Å²) in [5.74, 6) is -0.746. The summed E-state index contributed by atoms with van der Waals surface area (Å²) in [4.78, 5) is 4.25. The summed E-state index contributed by atoms with van der Waals surface area (Å²) in [6.45, 7) is 0. The van der Waals surface area contributed by atoms with Crippen molar-refractivity contribution in [2.24, 2.45) is 5.73 Å². The van der Waals surface area contributed by atoms with Crippen LogP contribution in [0, 0.1) is 11.6 Å². The number of nitrogens with zero attached hydrogens (tertiary/aromatic N) is 2. The number of hydrogen-bond donors (Lipinski definition) is 1. The van der Waals surface area contributed by atoms with Gasteiger partial charge in [-0.15, -0.1) is 0 Å². The van der Waals surface area contributed by atoms with Crippen LogP contribution >= 0.6 is 0 Å². The monoisotopic (exact) mass is 279 g/mol. The summed E-state index contributed by atoms with van der Waals surface area (Å²) in [5.41, 5.74) is 5.93.